The molecule has 0 saturated heterocycles. The quantitative estimate of drug-likeness (QED) is 0.773. The zero-order chi connectivity index (χ0) is 13.0. The van der Waals surface area contributed by atoms with Gasteiger partial charge in [0.05, 0.1) is 12.7 Å². The van der Waals surface area contributed by atoms with E-state index in [4.69, 9.17) is 10.00 Å². The van der Waals surface area contributed by atoms with Gasteiger partial charge in [-0.3, -0.25) is 0 Å². The van der Waals surface area contributed by atoms with Gasteiger partial charge in [-0.05, 0) is 23.8 Å². The van der Waals surface area contributed by atoms with E-state index in [0.717, 1.165) is 5.56 Å². The molecule has 1 aromatic carbocycles. The Kier molecular flexibility index (Phi) is 3.44. The number of nitriles is 1. The smallest absolute Gasteiger partial charge is 0.338 e. The van der Waals surface area contributed by atoms with E-state index in [1.807, 2.05) is 18.3 Å². The van der Waals surface area contributed by atoms with E-state index in [9.17, 15) is 4.79 Å². The summed E-state index contributed by atoms with van der Waals surface area (Å²) in [5.74, 6) is -0.365. The van der Waals surface area contributed by atoms with Crippen LogP contribution in [0.25, 0.3) is 0 Å². The first-order chi connectivity index (χ1) is 8.76. The largest absolute Gasteiger partial charge is 0.465 e. The summed E-state index contributed by atoms with van der Waals surface area (Å²) in [7, 11) is 1.36. The van der Waals surface area contributed by atoms with Gasteiger partial charge >= 0.3 is 5.97 Å². The molecule has 18 heavy (non-hydrogen) atoms. The van der Waals surface area contributed by atoms with Gasteiger partial charge in [0.1, 0.15) is 11.8 Å². The van der Waals surface area contributed by atoms with Crippen molar-refractivity contribution in [1.29, 1.82) is 5.26 Å². The van der Waals surface area contributed by atoms with Crippen LogP contribution >= 0.6 is 0 Å². The number of nitrogens with zero attached hydrogens (tertiary/aromatic N) is 2. The van der Waals surface area contributed by atoms with E-state index < -0.39 is 0 Å². The van der Waals surface area contributed by atoms with Crippen molar-refractivity contribution in [3.63, 3.8) is 0 Å². The third-order valence-electron chi connectivity index (χ3n) is 2.71. The van der Waals surface area contributed by atoms with Gasteiger partial charge in [0.15, 0.2) is 0 Å². The van der Waals surface area contributed by atoms with Crippen LogP contribution in [0.2, 0.25) is 0 Å². The highest BCUT2D eigenvalue weighted by molar-refractivity contribution is 5.90. The lowest BCUT2D eigenvalue weighted by Gasteiger charge is -2.09. The predicted molar refractivity (Wildman–Crippen MR) is 66.0 cm³/mol. The molecule has 0 unspecified atom stereocenters. The van der Waals surface area contributed by atoms with Crippen LogP contribution in [0.3, 0.4) is 0 Å². The molecule has 0 atom stereocenters. The second-order valence-electron chi connectivity index (χ2n) is 3.78. The molecule has 0 N–H and O–H groups in total. The number of methoxy groups -OCH3 is 1. The van der Waals surface area contributed by atoms with E-state index in [0.29, 0.717) is 17.8 Å². The second kappa shape index (κ2) is 5.19. The molecule has 0 saturated carbocycles. The van der Waals surface area contributed by atoms with Crippen LogP contribution in [0, 0.1) is 11.3 Å². The van der Waals surface area contributed by atoms with E-state index in [1.165, 1.54) is 7.11 Å². The van der Waals surface area contributed by atoms with E-state index in [-0.39, 0.29) is 5.97 Å². The summed E-state index contributed by atoms with van der Waals surface area (Å²) >= 11 is 0. The molecular formula is C14H12N2O2. The first-order valence-electron chi connectivity index (χ1n) is 5.47. The fraction of sp³-hybridized carbons (Fsp3) is 0.143. The average molecular weight is 240 g/mol. The standard InChI is InChI=1S/C14H12N2O2/c1-18-14(17)13-7-3-2-5-11(13)10-16-8-4-6-12(16)9-15/h2-8H,10H2,1H3. The Morgan fingerprint density at radius 3 is 2.83 bits per heavy atom. The van der Waals surface area contributed by atoms with Crippen LogP contribution in [0.4, 0.5) is 0 Å². The van der Waals surface area contributed by atoms with Crippen LogP contribution in [-0.2, 0) is 11.3 Å². The van der Waals surface area contributed by atoms with Crippen molar-refractivity contribution in [3.05, 3.63) is 59.4 Å². The molecule has 1 aromatic heterocycles. The molecule has 0 aliphatic rings. The molecule has 0 bridgehead atoms. The maximum absolute atomic E-state index is 11.6. The Balaban J connectivity index is 2.35. The zero-order valence-electron chi connectivity index (χ0n) is 9.96. The minimum Gasteiger partial charge on any atom is -0.465 e. The maximum atomic E-state index is 11.6. The molecule has 2 rings (SSSR count). The van der Waals surface area contributed by atoms with E-state index >= 15 is 0 Å². The fourth-order valence-electron chi connectivity index (χ4n) is 1.80. The molecule has 0 radical (unpaired) electrons. The zero-order valence-corrected chi connectivity index (χ0v) is 9.96. The number of aromatic nitrogens is 1. The van der Waals surface area contributed by atoms with Crippen molar-refractivity contribution in [2.24, 2.45) is 0 Å². The molecule has 90 valence electrons. The highest BCUT2D eigenvalue weighted by Gasteiger charge is 2.11. The lowest BCUT2D eigenvalue weighted by atomic mass is 10.1. The Labute approximate surface area is 105 Å². The van der Waals surface area contributed by atoms with Crippen molar-refractivity contribution in [1.82, 2.24) is 4.57 Å². The molecule has 1 heterocycles. The van der Waals surface area contributed by atoms with Gasteiger partial charge in [-0.25, -0.2) is 4.79 Å². The molecule has 4 nitrogen and oxygen atoms in total. The Bertz CT molecular complexity index is 608. The van der Waals surface area contributed by atoms with Gasteiger partial charge in [0.2, 0.25) is 0 Å². The summed E-state index contributed by atoms with van der Waals surface area (Å²) in [6.45, 7) is 0.473. The van der Waals surface area contributed by atoms with Crippen molar-refractivity contribution in [2.45, 2.75) is 6.54 Å². The lowest BCUT2D eigenvalue weighted by molar-refractivity contribution is 0.0599. The normalized spacial score (nSPS) is 9.78. The van der Waals surface area contributed by atoms with Crippen molar-refractivity contribution in [3.8, 4) is 6.07 Å². The monoisotopic (exact) mass is 240 g/mol. The molecule has 0 aliphatic carbocycles. The summed E-state index contributed by atoms with van der Waals surface area (Å²) in [6, 6.07) is 12.9. The SMILES string of the molecule is COC(=O)c1ccccc1Cn1cccc1C#N. The number of carbonyl (C=O) groups excluding carboxylic acids is 1. The molecular weight excluding hydrogens is 228 g/mol. The summed E-state index contributed by atoms with van der Waals surface area (Å²) in [4.78, 5) is 11.6. The van der Waals surface area contributed by atoms with Gasteiger partial charge in [-0.1, -0.05) is 18.2 Å². The number of ether oxygens (including phenoxy) is 1. The van der Waals surface area contributed by atoms with Gasteiger partial charge in [-0.15, -0.1) is 0 Å². The topological polar surface area (TPSA) is 55.0 Å². The fourth-order valence-corrected chi connectivity index (χ4v) is 1.80. The highest BCUT2D eigenvalue weighted by atomic mass is 16.5. The predicted octanol–water partition coefficient (Wildman–Crippen LogP) is 2.19. The third kappa shape index (κ3) is 2.25. The Morgan fingerprint density at radius 1 is 1.33 bits per heavy atom. The molecule has 2 aromatic rings. The number of esters is 1. The van der Waals surface area contributed by atoms with Crippen molar-refractivity contribution in [2.75, 3.05) is 7.11 Å². The maximum Gasteiger partial charge on any atom is 0.338 e. The minimum absolute atomic E-state index is 0.365. The van der Waals surface area contributed by atoms with E-state index in [2.05, 4.69) is 6.07 Å². The minimum atomic E-state index is -0.365. The lowest BCUT2D eigenvalue weighted by Crippen LogP contribution is -2.09. The average Bonchev–Trinajstić information content (AvgIpc) is 2.86. The van der Waals surface area contributed by atoms with Crippen LogP contribution in [-0.4, -0.2) is 17.6 Å². The van der Waals surface area contributed by atoms with Gasteiger partial charge in [0, 0.05) is 12.7 Å². The molecule has 4 heteroatoms. The van der Waals surface area contributed by atoms with Crippen molar-refractivity contribution >= 4 is 5.97 Å². The van der Waals surface area contributed by atoms with Crippen molar-refractivity contribution < 1.29 is 9.53 Å². The number of rotatable bonds is 3. The number of carbonyl (C=O) groups is 1. The molecule has 0 fully saturated rings. The summed E-state index contributed by atoms with van der Waals surface area (Å²) in [6.07, 6.45) is 1.81. The summed E-state index contributed by atoms with van der Waals surface area (Å²) in [5, 5.41) is 8.95. The number of hydrogen-bond acceptors (Lipinski definition) is 3. The number of hydrogen-bond donors (Lipinski definition) is 0. The Hall–Kier alpha value is -2.54. The number of benzene rings is 1. The van der Waals surface area contributed by atoms with Crippen LogP contribution < -0.4 is 0 Å². The third-order valence-corrected chi connectivity index (χ3v) is 2.71. The highest BCUT2D eigenvalue weighted by Crippen LogP contribution is 2.13. The summed E-state index contributed by atoms with van der Waals surface area (Å²) in [5.41, 5.74) is 1.92. The second-order valence-corrected chi connectivity index (χ2v) is 3.78. The molecule has 0 aliphatic heterocycles. The summed E-state index contributed by atoms with van der Waals surface area (Å²) < 4.78 is 6.53. The molecule has 0 spiro atoms. The van der Waals surface area contributed by atoms with Gasteiger partial charge in [0.25, 0.3) is 0 Å². The van der Waals surface area contributed by atoms with Gasteiger partial charge < -0.3 is 9.30 Å². The van der Waals surface area contributed by atoms with Crippen LogP contribution in [0.1, 0.15) is 21.6 Å². The van der Waals surface area contributed by atoms with E-state index in [1.54, 1.807) is 28.8 Å². The first kappa shape index (κ1) is 11.9. The molecule has 0 amide bonds. The Morgan fingerprint density at radius 2 is 2.11 bits per heavy atom. The first-order valence-corrected chi connectivity index (χ1v) is 5.47. The van der Waals surface area contributed by atoms with Gasteiger partial charge in [-0.2, -0.15) is 5.26 Å². The van der Waals surface area contributed by atoms with Crippen LogP contribution in [0.15, 0.2) is 42.6 Å². The van der Waals surface area contributed by atoms with Crippen LogP contribution in [0.5, 0.6) is 0 Å².